The standard InChI is InChI=1S/C18H24N4O3S.ClH/c19-18(20-11-14-10-15(22(24)25)6-7-17(14)23)26-12-13-4-3-9-21-8-2-1-5-16(13)21;/h6-7,10-11,13,16,19,23H,1-5,8-9,12H2;1H. The molecule has 1 aromatic rings. The van der Waals surface area contributed by atoms with Gasteiger partial charge in [-0.3, -0.25) is 15.5 Å². The molecule has 7 nitrogen and oxygen atoms in total. The first-order chi connectivity index (χ1) is 12.5. The van der Waals surface area contributed by atoms with Gasteiger partial charge in [0.2, 0.25) is 0 Å². The second-order valence-electron chi connectivity index (χ2n) is 6.88. The number of thioether (sulfide) groups is 1. The van der Waals surface area contributed by atoms with Crippen LogP contribution in [-0.4, -0.2) is 51.2 Å². The highest BCUT2D eigenvalue weighted by Gasteiger charge is 2.32. The van der Waals surface area contributed by atoms with Gasteiger partial charge in [-0.25, -0.2) is 4.99 Å². The summed E-state index contributed by atoms with van der Waals surface area (Å²) in [5.41, 5.74) is 0.142. The minimum atomic E-state index is -0.518. The topological polar surface area (TPSA) is 103 Å². The lowest BCUT2D eigenvalue weighted by atomic mass is 9.85. The van der Waals surface area contributed by atoms with Gasteiger partial charge in [0, 0.05) is 35.7 Å². The van der Waals surface area contributed by atoms with Crippen LogP contribution in [0.3, 0.4) is 0 Å². The molecule has 3 rings (SSSR count). The number of phenolic OH excluding ortho intramolecular Hbond substituents is 1. The number of non-ortho nitro benzene ring substituents is 1. The summed E-state index contributed by atoms with van der Waals surface area (Å²) in [5, 5.41) is 28.8. The number of benzene rings is 1. The van der Waals surface area contributed by atoms with E-state index in [4.69, 9.17) is 5.41 Å². The first kappa shape index (κ1) is 21.7. The Hall–Kier alpha value is -1.64. The summed E-state index contributed by atoms with van der Waals surface area (Å²) in [6.45, 7) is 2.40. The van der Waals surface area contributed by atoms with Crippen LogP contribution in [0.4, 0.5) is 5.69 Å². The Kier molecular flexibility index (Phi) is 8.07. The third-order valence-corrected chi connectivity index (χ3v) is 6.18. The first-order valence-corrected chi connectivity index (χ1v) is 10.00. The highest BCUT2D eigenvalue weighted by molar-refractivity contribution is 8.13. The van der Waals surface area contributed by atoms with Gasteiger partial charge in [0.1, 0.15) is 5.75 Å². The number of aromatic hydroxyl groups is 1. The smallest absolute Gasteiger partial charge is 0.270 e. The van der Waals surface area contributed by atoms with Gasteiger partial charge in [0.25, 0.3) is 5.69 Å². The van der Waals surface area contributed by atoms with Gasteiger partial charge in [-0.1, -0.05) is 18.2 Å². The Balaban J connectivity index is 0.00000261. The maximum Gasteiger partial charge on any atom is 0.270 e. The molecular formula is C18H25ClN4O3S. The quantitative estimate of drug-likeness (QED) is 0.335. The zero-order valence-electron chi connectivity index (χ0n) is 15.0. The molecule has 2 N–H and O–H groups in total. The number of nitrogens with zero attached hydrogens (tertiary/aromatic N) is 3. The van der Waals surface area contributed by atoms with Gasteiger partial charge in [-0.2, -0.15) is 0 Å². The molecule has 2 heterocycles. The summed E-state index contributed by atoms with van der Waals surface area (Å²) >= 11 is 1.42. The fourth-order valence-corrected chi connectivity index (χ4v) is 4.77. The fraction of sp³-hybridized carbons (Fsp3) is 0.556. The molecule has 0 amide bonds. The minimum Gasteiger partial charge on any atom is -0.507 e. The van der Waals surface area contributed by atoms with Crippen LogP contribution < -0.4 is 0 Å². The number of halogens is 1. The number of aliphatic imine (C=N–C) groups is 1. The van der Waals surface area contributed by atoms with Gasteiger partial charge in [-0.15, -0.1) is 12.4 Å². The second kappa shape index (κ2) is 10.1. The molecule has 2 fully saturated rings. The van der Waals surface area contributed by atoms with E-state index in [0.717, 1.165) is 5.75 Å². The van der Waals surface area contributed by atoms with Crippen LogP contribution in [0.15, 0.2) is 23.2 Å². The summed E-state index contributed by atoms with van der Waals surface area (Å²) in [5.74, 6) is 1.39. The molecule has 27 heavy (non-hydrogen) atoms. The molecule has 2 unspecified atom stereocenters. The number of hydrogen-bond donors (Lipinski definition) is 2. The van der Waals surface area contributed by atoms with E-state index in [1.165, 1.54) is 81.4 Å². The monoisotopic (exact) mass is 412 g/mol. The Labute approximate surface area is 169 Å². The molecule has 148 valence electrons. The third-order valence-electron chi connectivity index (χ3n) is 5.21. The first-order valence-electron chi connectivity index (χ1n) is 9.01. The van der Waals surface area contributed by atoms with Crippen molar-refractivity contribution in [3.8, 4) is 5.75 Å². The van der Waals surface area contributed by atoms with E-state index in [-0.39, 0.29) is 34.6 Å². The number of rotatable bonds is 4. The number of hydrogen-bond acceptors (Lipinski definition) is 6. The fourth-order valence-electron chi connectivity index (χ4n) is 3.88. The van der Waals surface area contributed by atoms with Crippen LogP contribution in [0.2, 0.25) is 0 Å². The number of nitrogens with one attached hydrogen (secondary N) is 1. The molecule has 2 atom stereocenters. The van der Waals surface area contributed by atoms with Crippen molar-refractivity contribution in [2.24, 2.45) is 10.9 Å². The van der Waals surface area contributed by atoms with E-state index in [0.29, 0.717) is 12.0 Å². The van der Waals surface area contributed by atoms with E-state index >= 15 is 0 Å². The number of nitro benzene ring substituents is 1. The van der Waals surface area contributed by atoms with Crippen LogP contribution >= 0.6 is 24.2 Å². The van der Waals surface area contributed by atoms with Gasteiger partial charge < -0.3 is 10.0 Å². The molecular weight excluding hydrogens is 388 g/mol. The molecule has 9 heteroatoms. The Bertz CT molecular complexity index is 714. The molecule has 1 aromatic carbocycles. The predicted octanol–water partition coefficient (Wildman–Crippen LogP) is 4.07. The summed E-state index contributed by atoms with van der Waals surface area (Å²) in [6.07, 6.45) is 7.60. The van der Waals surface area contributed by atoms with Gasteiger partial charge in [0.05, 0.1) is 4.92 Å². The summed E-state index contributed by atoms with van der Waals surface area (Å²) in [7, 11) is 0. The molecule has 0 radical (unpaired) electrons. The van der Waals surface area contributed by atoms with Crippen LogP contribution in [0.5, 0.6) is 5.75 Å². The van der Waals surface area contributed by atoms with Gasteiger partial charge in [0.15, 0.2) is 5.17 Å². The van der Waals surface area contributed by atoms with Crippen molar-refractivity contribution in [3.05, 3.63) is 33.9 Å². The second-order valence-corrected chi connectivity index (χ2v) is 7.88. The van der Waals surface area contributed by atoms with Crippen molar-refractivity contribution in [2.45, 2.75) is 38.1 Å². The van der Waals surface area contributed by atoms with Crippen molar-refractivity contribution < 1.29 is 10.0 Å². The Morgan fingerprint density at radius 2 is 2.15 bits per heavy atom. The van der Waals surface area contributed by atoms with E-state index in [1.807, 2.05) is 0 Å². The largest absolute Gasteiger partial charge is 0.507 e. The Morgan fingerprint density at radius 1 is 1.37 bits per heavy atom. The molecule has 0 aromatic heterocycles. The zero-order chi connectivity index (χ0) is 18.5. The highest BCUT2D eigenvalue weighted by Crippen LogP contribution is 2.33. The van der Waals surface area contributed by atoms with Crippen LogP contribution in [0.25, 0.3) is 0 Å². The average Bonchev–Trinajstić information content (AvgIpc) is 2.65. The predicted molar refractivity (Wildman–Crippen MR) is 112 cm³/mol. The summed E-state index contributed by atoms with van der Waals surface area (Å²) in [6, 6.07) is 4.42. The van der Waals surface area contributed by atoms with Crippen molar-refractivity contribution in [2.75, 3.05) is 18.8 Å². The van der Waals surface area contributed by atoms with E-state index in [2.05, 4.69) is 9.89 Å². The van der Waals surface area contributed by atoms with E-state index in [9.17, 15) is 15.2 Å². The molecule has 0 bridgehead atoms. The van der Waals surface area contributed by atoms with Crippen LogP contribution in [0.1, 0.15) is 37.7 Å². The van der Waals surface area contributed by atoms with Crippen LogP contribution in [-0.2, 0) is 0 Å². The minimum absolute atomic E-state index is 0. The van der Waals surface area contributed by atoms with Crippen molar-refractivity contribution in [3.63, 3.8) is 0 Å². The van der Waals surface area contributed by atoms with Crippen molar-refractivity contribution in [1.29, 1.82) is 5.41 Å². The summed E-state index contributed by atoms with van der Waals surface area (Å²) < 4.78 is 0. The summed E-state index contributed by atoms with van der Waals surface area (Å²) in [4.78, 5) is 17.0. The number of nitro groups is 1. The highest BCUT2D eigenvalue weighted by atomic mass is 35.5. The number of piperidine rings is 2. The number of amidine groups is 1. The maximum atomic E-state index is 10.8. The lowest BCUT2D eigenvalue weighted by molar-refractivity contribution is -0.384. The van der Waals surface area contributed by atoms with Crippen LogP contribution in [0, 0.1) is 21.4 Å². The Morgan fingerprint density at radius 3 is 2.93 bits per heavy atom. The third kappa shape index (κ3) is 5.67. The zero-order valence-corrected chi connectivity index (χ0v) is 16.7. The molecule has 2 aliphatic rings. The molecule has 0 spiro atoms. The molecule has 2 saturated heterocycles. The molecule has 0 saturated carbocycles. The van der Waals surface area contributed by atoms with Gasteiger partial charge in [-0.05, 0) is 50.8 Å². The SMILES string of the molecule is Cl.N=C(N=Cc1cc([N+](=O)[O-])ccc1O)SCC1CCCN2CCCCC12. The number of fused-ring (bicyclic) bond motifs is 1. The van der Waals surface area contributed by atoms with Gasteiger partial charge >= 0.3 is 0 Å². The van der Waals surface area contributed by atoms with Crippen molar-refractivity contribution in [1.82, 2.24) is 4.90 Å². The average molecular weight is 413 g/mol. The van der Waals surface area contributed by atoms with E-state index < -0.39 is 4.92 Å². The lowest BCUT2D eigenvalue weighted by Crippen LogP contribution is -2.48. The molecule has 2 aliphatic heterocycles. The number of phenols is 1. The lowest BCUT2D eigenvalue weighted by Gasteiger charge is -2.44. The van der Waals surface area contributed by atoms with Crippen molar-refractivity contribution >= 4 is 41.2 Å². The normalized spacial score (nSPS) is 22.8. The van der Waals surface area contributed by atoms with E-state index in [1.54, 1.807) is 0 Å². The molecule has 0 aliphatic carbocycles. The maximum absolute atomic E-state index is 10.8.